The van der Waals surface area contributed by atoms with Crippen molar-refractivity contribution in [2.24, 2.45) is 0 Å². The van der Waals surface area contributed by atoms with E-state index in [1.165, 1.54) is 0 Å². The van der Waals surface area contributed by atoms with Crippen LogP contribution in [0.1, 0.15) is 75.7 Å². The summed E-state index contributed by atoms with van der Waals surface area (Å²) in [4.78, 5) is 15.0. The van der Waals surface area contributed by atoms with Gasteiger partial charge in [-0.2, -0.15) is 0 Å². The number of nitrogens with one attached hydrogen (secondary N) is 1. The number of nitrogens with zero attached hydrogens (tertiary/aromatic N) is 2. The van der Waals surface area contributed by atoms with E-state index in [4.69, 9.17) is 4.52 Å². The molecule has 1 heterocycles. The van der Waals surface area contributed by atoms with E-state index >= 15 is 0 Å². The van der Waals surface area contributed by atoms with Gasteiger partial charge >= 0.3 is 0 Å². The van der Waals surface area contributed by atoms with Crippen LogP contribution in [0, 0.1) is 6.92 Å². The van der Waals surface area contributed by atoms with Crippen molar-refractivity contribution in [3.8, 4) is 0 Å². The van der Waals surface area contributed by atoms with E-state index in [0.717, 1.165) is 50.1 Å². The van der Waals surface area contributed by atoms with Crippen LogP contribution in [0.2, 0.25) is 0 Å². The van der Waals surface area contributed by atoms with Crippen molar-refractivity contribution in [3.05, 3.63) is 17.0 Å². The molecule has 0 fully saturated rings. The summed E-state index contributed by atoms with van der Waals surface area (Å²) < 4.78 is 5.24. The van der Waals surface area contributed by atoms with Crippen LogP contribution in [0.15, 0.2) is 4.52 Å². The Labute approximate surface area is 140 Å². The summed E-state index contributed by atoms with van der Waals surface area (Å²) in [6, 6.07) is 0. The molecule has 1 aromatic rings. The van der Waals surface area contributed by atoms with Crippen molar-refractivity contribution < 1.29 is 9.32 Å². The maximum absolute atomic E-state index is 12.5. The van der Waals surface area contributed by atoms with Crippen LogP contribution < -0.4 is 5.32 Å². The normalized spacial score (nSPS) is 12.0. The summed E-state index contributed by atoms with van der Waals surface area (Å²) >= 11 is 0. The predicted molar refractivity (Wildman–Crippen MR) is 93.8 cm³/mol. The second-order valence-electron chi connectivity index (χ2n) is 6.13. The molecule has 0 aliphatic heterocycles. The molecule has 0 aliphatic rings. The summed E-state index contributed by atoms with van der Waals surface area (Å²) in [6.45, 7) is 15.4. The van der Waals surface area contributed by atoms with Gasteiger partial charge in [-0.15, -0.1) is 0 Å². The van der Waals surface area contributed by atoms with Crippen molar-refractivity contribution in [3.63, 3.8) is 0 Å². The average Bonchev–Trinajstić information content (AvgIpc) is 2.95. The Morgan fingerprint density at radius 2 is 1.87 bits per heavy atom. The lowest BCUT2D eigenvalue weighted by molar-refractivity contribution is 0.0716. The van der Waals surface area contributed by atoms with E-state index in [-0.39, 0.29) is 11.4 Å². The highest BCUT2D eigenvalue weighted by Crippen LogP contribution is 2.24. The minimum absolute atomic E-state index is 0.00560. The molecule has 0 aliphatic carbocycles. The van der Waals surface area contributed by atoms with Gasteiger partial charge in [0.25, 0.3) is 5.91 Å². The number of likely N-dealkylation sites (N-methyl/N-ethyl adjacent to an activating group) is 1. The molecular weight excluding hydrogens is 290 g/mol. The Kier molecular flexibility index (Phi) is 7.76. The number of aromatic nitrogens is 1. The topological polar surface area (TPSA) is 58.4 Å². The molecule has 0 radical (unpaired) electrons. The third-order valence-electron chi connectivity index (χ3n) is 5.00. The first kappa shape index (κ1) is 19.7. The van der Waals surface area contributed by atoms with Gasteiger partial charge in [0, 0.05) is 24.1 Å². The average molecular weight is 323 g/mol. The number of aryl methyl sites for hydroxylation is 1. The van der Waals surface area contributed by atoms with E-state index in [1.54, 1.807) is 0 Å². The molecule has 1 amide bonds. The lowest BCUT2D eigenvalue weighted by atomic mass is 9.89. The molecular formula is C18H33N3O2. The lowest BCUT2D eigenvalue weighted by Crippen LogP contribution is -2.55. The first-order valence-corrected chi connectivity index (χ1v) is 8.97. The highest BCUT2D eigenvalue weighted by molar-refractivity contribution is 5.93. The van der Waals surface area contributed by atoms with E-state index in [9.17, 15) is 4.79 Å². The van der Waals surface area contributed by atoms with Crippen LogP contribution >= 0.6 is 0 Å². The number of hydrogen-bond donors (Lipinski definition) is 1. The van der Waals surface area contributed by atoms with Gasteiger partial charge in [-0.1, -0.05) is 39.8 Å². The van der Waals surface area contributed by atoms with Gasteiger partial charge in [-0.05, 0) is 39.3 Å². The molecule has 5 heteroatoms. The van der Waals surface area contributed by atoms with Crippen LogP contribution in [0.4, 0.5) is 0 Å². The maximum atomic E-state index is 12.5. The highest BCUT2D eigenvalue weighted by atomic mass is 16.5. The first-order valence-electron chi connectivity index (χ1n) is 8.97. The molecule has 0 aromatic carbocycles. The van der Waals surface area contributed by atoms with Crippen molar-refractivity contribution in [2.75, 3.05) is 19.6 Å². The fraction of sp³-hybridized carbons (Fsp3) is 0.778. The smallest absolute Gasteiger partial charge is 0.273 e. The van der Waals surface area contributed by atoms with Gasteiger partial charge < -0.3 is 9.84 Å². The van der Waals surface area contributed by atoms with Crippen LogP contribution in [0.5, 0.6) is 0 Å². The molecule has 0 bridgehead atoms. The van der Waals surface area contributed by atoms with E-state index in [1.807, 2.05) is 13.8 Å². The SMILES string of the molecule is CCCN(CC)C(CC)(CC)CNC(=O)c1noc(CC)c1C. The number of amides is 1. The summed E-state index contributed by atoms with van der Waals surface area (Å²) in [5.74, 6) is 0.651. The molecule has 23 heavy (non-hydrogen) atoms. The maximum Gasteiger partial charge on any atom is 0.273 e. The molecule has 0 saturated heterocycles. The third kappa shape index (κ3) is 4.34. The Hall–Kier alpha value is -1.36. The number of hydrogen-bond acceptors (Lipinski definition) is 4. The number of carbonyl (C=O) groups is 1. The van der Waals surface area contributed by atoms with Gasteiger partial charge in [0.1, 0.15) is 5.76 Å². The predicted octanol–water partition coefficient (Wildman–Crippen LogP) is 3.57. The molecule has 0 atom stereocenters. The van der Waals surface area contributed by atoms with Crippen molar-refractivity contribution >= 4 is 5.91 Å². The van der Waals surface area contributed by atoms with Gasteiger partial charge in [0.2, 0.25) is 0 Å². The molecule has 5 nitrogen and oxygen atoms in total. The van der Waals surface area contributed by atoms with Gasteiger partial charge in [-0.3, -0.25) is 9.69 Å². The van der Waals surface area contributed by atoms with E-state index in [2.05, 4.69) is 43.1 Å². The van der Waals surface area contributed by atoms with Crippen molar-refractivity contribution in [1.82, 2.24) is 15.4 Å². The number of rotatable bonds is 10. The third-order valence-corrected chi connectivity index (χ3v) is 5.00. The Balaban J connectivity index is 2.85. The lowest BCUT2D eigenvalue weighted by Gasteiger charge is -2.43. The standard InChI is InChI=1S/C18H33N3O2/c1-7-12-21(11-5)18(9-3,10-4)13-19-17(22)16-14(6)15(8-2)23-20-16/h7-13H2,1-6H3,(H,19,22). The second-order valence-corrected chi connectivity index (χ2v) is 6.13. The summed E-state index contributed by atoms with van der Waals surface area (Å²) in [5.41, 5.74) is 1.28. The highest BCUT2D eigenvalue weighted by Gasteiger charge is 2.33. The van der Waals surface area contributed by atoms with Gasteiger partial charge in [-0.25, -0.2) is 0 Å². The fourth-order valence-electron chi connectivity index (χ4n) is 3.30. The zero-order valence-electron chi connectivity index (χ0n) is 15.7. The zero-order chi connectivity index (χ0) is 17.5. The minimum Gasteiger partial charge on any atom is -0.360 e. The minimum atomic E-state index is -0.134. The zero-order valence-corrected chi connectivity index (χ0v) is 15.7. The summed E-state index contributed by atoms with van der Waals surface area (Å²) in [7, 11) is 0. The van der Waals surface area contributed by atoms with E-state index < -0.39 is 0 Å². The fourth-order valence-corrected chi connectivity index (χ4v) is 3.30. The molecule has 1 N–H and O–H groups in total. The molecule has 1 aromatic heterocycles. The van der Waals surface area contributed by atoms with Crippen molar-refractivity contribution in [1.29, 1.82) is 0 Å². The first-order chi connectivity index (χ1) is 11.0. The largest absolute Gasteiger partial charge is 0.360 e. The van der Waals surface area contributed by atoms with Gasteiger partial charge in [0.15, 0.2) is 5.69 Å². The number of carbonyl (C=O) groups excluding carboxylic acids is 1. The Morgan fingerprint density at radius 3 is 2.30 bits per heavy atom. The van der Waals surface area contributed by atoms with Crippen LogP contribution in [0.3, 0.4) is 0 Å². The summed E-state index contributed by atoms with van der Waals surface area (Å²) in [5, 5.41) is 7.03. The molecule has 0 spiro atoms. The van der Waals surface area contributed by atoms with Crippen LogP contribution in [-0.4, -0.2) is 41.1 Å². The second kappa shape index (κ2) is 9.06. The monoisotopic (exact) mass is 323 g/mol. The molecule has 1 rings (SSSR count). The Bertz CT molecular complexity index is 492. The molecule has 0 saturated carbocycles. The quantitative estimate of drug-likeness (QED) is 0.715. The molecule has 0 unspecified atom stereocenters. The van der Waals surface area contributed by atoms with Crippen LogP contribution in [0.25, 0.3) is 0 Å². The molecule has 132 valence electrons. The van der Waals surface area contributed by atoms with Gasteiger partial charge in [0.05, 0.1) is 0 Å². The van der Waals surface area contributed by atoms with Crippen molar-refractivity contribution in [2.45, 2.75) is 72.8 Å². The van der Waals surface area contributed by atoms with E-state index in [0.29, 0.717) is 12.2 Å². The van der Waals surface area contributed by atoms with Crippen LogP contribution in [-0.2, 0) is 6.42 Å². The Morgan fingerprint density at radius 1 is 1.22 bits per heavy atom. The summed E-state index contributed by atoms with van der Waals surface area (Å²) in [6.07, 6.45) is 3.89.